The van der Waals surface area contributed by atoms with Crippen molar-refractivity contribution in [3.05, 3.63) is 18.0 Å². The predicted molar refractivity (Wildman–Crippen MR) is 18.3 cm³/mol. The van der Waals surface area contributed by atoms with E-state index in [9.17, 15) is 0 Å². The Morgan fingerprint density at radius 3 is 2.20 bits per heavy atom. The summed E-state index contributed by atoms with van der Waals surface area (Å²) in [6, 6.07) is 0. The van der Waals surface area contributed by atoms with Crippen LogP contribution >= 0.6 is 0 Å². The van der Waals surface area contributed by atoms with Gasteiger partial charge in [-0.2, -0.15) is 0 Å². The first kappa shape index (κ1) is 4.01. The lowest BCUT2D eigenvalue weighted by atomic mass is 10.9. The largest absolute Gasteiger partial charge is 0.223 e. The molecule has 1 nitrogen and oxygen atoms in total. The lowest BCUT2D eigenvalue weighted by molar-refractivity contribution is 0.569. The van der Waals surface area contributed by atoms with Crippen molar-refractivity contribution in [3.8, 4) is 0 Å². The molecule has 0 heterocycles. The molecule has 0 radical (unpaired) electrons. The van der Waals surface area contributed by atoms with Crippen LogP contribution in [0.15, 0.2) is 18.0 Å². The van der Waals surface area contributed by atoms with Crippen LogP contribution in [-0.4, -0.2) is 5.94 Å². The van der Waals surface area contributed by atoms with E-state index in [1.54, 1.807) is 0 Å². The van der Waals surface area contributed by atoms with E-state index in [1.165, 1.54) is 5.94 Å². The third-order valence-corrected chi connectivity index (χ3v) is 0.139. The van der Waals surface area contributed by atoms with Crippen molar-refractivity contribution in [1.29, 1.82) is 0 Å². The van der Waals surface area contributed by atoms with E-state index in [2.05, 4.69) is 12.3 Å². The Bertz CT molecular complexity index is 95.6. The van der Waals surface area contributed by atoms with Gasteiger partial charge in [-0.25, -0.2) is 4.79 Å². The number of hydrogen-bond acceptors (Lipinski definition) is 1. The highest BCUT2D eigenvalue weighted by Gasteiger charge is 1.25. The van der Waals surface area contributed by atoms with Gasteiger partial charge in [0, 0.05) is 5.73 Å². The minimum absolute atomic E-state index is 1.34. The second-order valence-electron chi connectivity index (χ2n) is 0.404. The molecule has 0 aliphatic heterocycles. The maximum absolute atomic E-state index is 9.07. The highest BCUT2D eigenvalue weighted by atomic mass is 16.1. The molecule has 24 valence electrons. The summed E-state index contributed by atoms with van der Waals surface area (Å²) in [5, 5.41) is 0. The Labute approximate surface area is 29.9 Å². The minimum Gasteiger partial charge on any atom is -0.223 e. The molecule has 0 atom stereocenters. The van der Waals surface area contributed by atoms with Gasteiger partial charge in [0.15, 0.2) is 5.94 Å². The molecule has 0 rings (SSSR count). The molecule has 0 unspecified atom stereocenters. The Hall–Kier alpha value is -0.990. The summed E-state index contributed by atoms with van der Waals surface area (Å²) in [6.45, 7) is 3.05. The zero-order chi connectivity index (χ0) is 4.12. The first-order valence-electron chi connectivity index (χ1n) is 1.06. The summed E-state index contributed by atoms with van der Waals surface area (Å²) in [5.41, 5.74) is 4.04. The normalized spacial score (nSPS) is 3.20. The van der Waals surface area contributed by atoms with Crippen molar-refractivity contribution in [2.45, 2.75) is 0 Å². The number of hydrogen-bond donors (Lipinski definition) is 0. The van der Waals surface area contributed by atoms with Crippen LogP contribution in [0.2, 0.25) is 0 Å². The van der Waals surface area contributed by atoms with E-state index in [1.807, 2.05) is 5.73 Å². The smallest absolute Gasteiger partial charge is 0.185 e. The Morgan fingerprint density at radius 1 is 1.60 bits per heavy atom. The summed E-state index contributed by atoms with van der Waals surface area (Å²) in [5.74, 6) is 1.34. The van der Waals surface area contributed by atoms with Gasteiger partial charge in [-0.1, -0.05) is 5.73 Å². The Balaban J connectivity index is 4.38. The van der Waals surface area contributed by atoms with E-state index in [0.717, 1.165) is 0 Å². The predicted octanol–water partition coefficient (Wildman–Crippen LogP) is 0.314. The lowest BCUT2D eigenvalue weighted by Crippen LogP contribution is -1.25. The molecule has 0 spiro atoms. The molecule has 1 heteroatoms. The molecule has 0 amide bonds. The van der Waals surface area contributed by atoms with Crippen LogP contribution < -0.4 is 0 Å². The fourth-order valence-corrected chi connectivity index (χ4v) is 0.0361. The van der Waals surface area contributed by atoms with Crippen LogP contribution in [-0.2, 0) is 4.79 Å². The highest BCUT2D eigenvalue weighted by molar-refractivity contribution is 5.42. The number of rotatable bonds is 0. The third-order valence-electron chi connectivity index (χ3n) is 0.139. The van der Waals surface area contributed by atoms with E-state index in [-0.39, 0.29) is 0 Å². The molecule has 5 heavy (non-hydrogen) atoms. The van der Waals surface area contributed by atoms with Crippen molar-refractivity contribution < 1.29 is 4.79 Å². The van der Waals surface area contributed by atoms with Gasteiger partial charge >= 0.3 is 0 Å². The molecule has 0 aromatic rings. The molecule has 0 fully saturated rings. The van der Waals surface area contributed by atoms with E-state index >= 15 is 0 Å². The Morgan fingerprint density at radius 2 is 2.20 bits per heavy atom. The second-order valence-corrected chi connectivity index (χ2v) is 0.404. The van der Waals surface area contributed by atoms with Gasteiger partial charge in [0.1, 0.15) is 0 Å². The molecular weight excluding hydrogens is 64.0 g/mol. The third kappa shape index (κ3) is 3.01. The topological polar surface area (TPSA) is 17.1 Å². The van der Waals surface area contributed by atoms with Crippen LogP contribution in [0.1, 0.15) is 0 Å². The SMILES string of the molecule is C=C=C=C=O. The Kier molecular flexibility index (Phi) is 2.41. The van der Waals surface area contributed by atoms with Gasteiger partial charge < -0.3 is 0 Å². The molecule has 0 aromatic heterocycles. The minimum atomic E-state index is 1.34. The van der Waals surface area contributed by atoms with E-state index in [0.29, 0.717) is 0 Å². The summed E-state index contributed by atoms with van der Waals surface area (Å²) < 4.78 is 0. The van der Waals surface area contributed by atoms with Gasteiger partial charge in [-0.15, -0.1) is 0 Å². The van der Waals surface area contributed by atoms with Crippen LogP contribution in [0, 0.1) is 0 Å². The fourth-order valence-electron chi connectivity index (χ4n) is 0.0361. The van der Waals surface area contributed by atoms with Crippen molar-refractivity contribution in [2.75, 3.05) is 0 Å². The second kappa shape index (κ2) is 3.01. The average molecular weight is 66.1 g/mol. The zero-order valence-electron chi connectivity index (χ0n) is 2.62. The summed E-state index contributed by atoms with van der Waals surface area (Å²) >= 11 is 0. The molecule has 0 aromatic carbocycles. The maximum Gasteiger partial charge on any atom is 0.185 e. The van der Waals surface area contributed by atoms with Crippen LogP contribution in [0.5, 0.6) is 0 Å². The zero-order valence-corrected chi connectivity index (χ0v) is 2.62. The van der Waals surface area contributed by atoms with Gasteiger partial charge in [0.2, 0.25) is 0 Å². The molecular formula is C4H2O. The average Bonchev–Trinajstić information content (AvgIpc) is 1.41. The van der Waals surface area contributed by atoms with Gasteiger partial charge in [-0.3, -0.25) is 0 Å². The van der Waals surface area contributed by atoms with Crippen LogP contribution in [0.3, 0.4) is 0 Å². The number of carbonyl (C=O) groups excluding carboxylic acids is 1. The molecule has 0 saturated carbocycles. The van der Waals surface area contributed by atoms with Crippen molar-refractivity contribution >= 4 is 5.94 Å². The first-order chi connectivity index (χ1) is 2.41. The van der Waals surface area contributed by atoms with Gasteiger partial charge in [0.05, 0.1) is 0 Å². The van der Waals surface area contributed by atoms with Crippen LogP contribution in [0.25, 0.3) is 0 Å². The molecule has 0 aliphatic rings. The standard InChI is InChI=1S/C4H2O/c1-2-3-4-5/h1H2. The maximum atomic E-state index is 9.07. The lowest BCUT2D eigenvalue weighted by Gasteiger charge is -1.22. The van der Waals surface area contributed by atoms with Crippen molar-refractivity contribution in [1.82, 2.24) is 0 Å². The van der Waals surface area contributed by atoms with E-state index in [4.69, 9.17) is 4.79 Å². The molecule has 0 bridgehead atoms. The summed E-state index contributed by atoms with van der Waals surface area (Å²) in [7, 11) is 0. The highest BCUT2D eigenvalue weighted by Crippen LogP contribution is 1.29. The molecule has 0 saturated heterocycles. The van der Waals surface area contributed by atoms with E-state index < -0.39 is 0 Å². The fraction of sp³-hybridized carbons (Fsp3) is 0. The summed E-state index contributed by atoms with van der Waals surface area (Å²) in [4.78, 5) is 9.07. The molecule has 0 aliphatic carbocycles. The van der Waals surface area contributed by atoms with Gasteiger partial charge in [-0.05, 0) is 6.58 Å². The quantitative estimate of drug-likeness (QED) is 0.294. The first-order valence-corrected chi connectivity index (χ1v) is 1.06. The molecule has 0 N–H and O–H groups in total. The monoisotopic (exact) mass is 66.0 g/mol. The van der Waals surface area contributed by atoms with Crippen molar-refractivity contribution in [2.24, 2.45) is 0 Å². The van der Waals surface area contributed by atoms with Gasteiger partial charge in [0.25, 0.3) is 0 Å². The van der Waals surface area contributed by atoms with Crippen molar-refractivity contribution in [3.63, 3.8) is 0 Å². The van der Waals surface area contributed by atoms with Crippen LogP contribution in [0.4, 0.5) is 0 Å². The summed E-state index contributed by atoms with van der Waals surface area (Å²) in [6.07, 6.45) is 0.